The predicted octanol–water partition coefficient (Wildman–Crippen LogP) is 4.71. The molecule has 0 bridgehead atoms. The molecule has 1 amide bonds. The van der Waals surface area contributed by atoms with Crippen molar-refractivity contribution >= 4 is 69.1 Å². The second-order valence-corrected chi connectivity index (χ2v) is 8.63. The van der Waals surface area contributed by atoms with Gasteiger partial charge in [0.15, 0.2) is 0 Å². The molecule has 0 aliphatic rings. The van der Waals surface area contributed by atoms with Crippen molar-refractivity contribution in [1.29, 1.82) is 0 Å². The maximum Gasteiger partial charge on any atom is 0.411 e. The number of ether oxygens (including phenoxy) is 3. The van der Waals surface area contributed by atoms with E-state index >= 15 is 0 Å². The van der Waals surface area contributed by atoms with Crippen LogP contribution in [0, 0.1) is 0 Å². The Morgan fingerprint density at radius 2 is 1.94 bits per heavy atom. The molecule has 3 rings (SSSR count). The van der Waals surface area contributed by atoms with E-state index in [1.807, 2.05) is 18.2 Å². The smallest absolute Gasteiger partial charge is 0.411 e. The average Bonchev–Trinajstić information content (AvgIpc) is 2.73. The minimum absolute atomic E-state index is 0.378. The highest BCUT2D eigenvalue weighted by Crippen LogP contribution is 2.27. The first kappa shape index (κ1) is 23.1. The van der Waals surface area contributed by atoms with Gasteiger partial charge < -0.3 is 19.5 Å². The van der Waals surface area contributed by atoms with Crippen LogP contribution in [0.3, 0.4) is 0 Å². The Kier molecular flexibility index (Phi) is 7.91. The number of fused-ring (bicyclic) bond motifs is 1. The number of rotatable bonds is 8. The van der Waals surface area contributed by atoms with E-state index in [0.717, 1.165) is 5.39 Å². The van der Waals surface area contributed by atoms with Gasteiger partial charge in [0.2, 0.25) is 3.79 Å². The number of carbonyl (C=O) groups is 1. The minimum Gasteiger partial charge on any atom is -0.491 e. The molecule has 0 saturated heterocycles. The largest absolute Gasteiger partial charge is 0.491 e. The lowest BCUT2D eigenvalue weighted by Crippen LogP contribution is -2.21. The Labute approximate surface area is 193 Å². The van der Waals surface area contributed by atoms with Crippen molar-refractivity contribution < 1.29 is 19.0 Å². The predicted molar refractivity (Wildman–Crippen MR) is 120 cm³/mol. The first-order chi connectivity index (χ1) is 14.8. The molecule has 0 saturated carbocycles. The van der Waals surface area contributed by atoms with Gasteiger partial charge in [0, 0.05) is 18.6 Å². The Morgan fingerprint density at radius 3 is 2.65 bits per heavy atom. The number of nitrogens with one attached hydrogen (secondary N) is 2. The molecule has 0 fully saturated rings. The maximum atomic E-state index is 11.7. The standard InChI is InChI=1S/C19H18Cl3N5O4/c1-29-6-7-30-13-3-4-14-15(8-13)24-11-25-17(14)27-16-5-2-12(9-23-16)26-18(28)31-10-19(20,21)22/h2-5,8-9,11H,6-7,10H2,1H3,(H,26,28)(H,23,24,25,27). The molecule has 0 spiro atoms. The average molecular weight is 487 g/mol. The van der Waals surface area contributed by atoms with Gasteiger partial charge in [-0.2, -0.15) is 0 Å². The third kappa shape index (κ3) is 7.25. The van der Waals surface area contributed by atoms with Crippen molar-refractivity contribution in [3.05, 3.63) is 42.9 Å². The summed E-state index contributed by atoms with van der Waals surface area (Å²) in [5.41, 5.74) is 1.12. The summed E-state index contributed by atoms with van der Waals surface area (Å²) in [5, 5.41) is 6.40. The molecule has 0 radical (unpaired) electrons. The van der Waals surface area contributed by atoms with Crippen molar-refractivity contribution in [2.45, 2.75) is 3.79 Å². The topological polar surface area (TPSA) is 107 Å². The molecule has 0 unspecified atom stereocenters. The molecule has 0 atom stereocenters. The second-order valence-electron chi connectivity index (χ2n) is 6.12. The highest BCUT2D eigenvalue weighted by molar-refractivity contribution is 6.67. The highest BCUT2D eigenvalue weighted by Gasteiger charge is 2.22. The number of halogens is 3. The summed E-state index contributed by atoms with van der Waals surface area (Å²) in [6, 6.07) is 8.81. The Balaban J connectivity index is 1.64. The van der Waals surface area contributed by atoms with Crippen LogP contribution in [0.5, 0.6) is 5.75 Å². The second kappa shape index (κ2) is 10.6. The number of nitrogens with zero attached hydrogens (tertiary/aromatic N) is 3. The quantitative estimate of drug-likeness (QED) is 0.348. The molecule has 2 heterocycles. The zero-order chi connectivity index (χ0) is 22.3. The summed E-state index contributed by atoms with van der Waals surface area (Å²) in [6.45, 7) is 0.562. The van der Waals surface area contributed by atoms with Crippen LogP contribution < -0.4 is 15.4 Å². The van der Waals surface area contributed by atoms with Gasteiger partial charge in [-0.3, -0.25) is 5.32 Å². The molecule has 1 aromatic carbocycles. The minimum atomic E-state index is -1.68. The monoisotopic (exact) mass is 485 g/mol. The van der Waals surface area contributed by atoms with Gasteiger partial charge >= 0.3 is 6.09 Å². The van der Waals surface area contributed by atoms with Crippen LogP contribution >= 0.6 is 34.8 Å². The number of benzene rings is 1. The number of carbonyl (C=O) groups excluding carboxylic acids is 1. The molecule has 31 heavy (non-hydrogen) atoms. The van der Waals surface area contributed by atoms with Crippen LogP contribution in [-0.4, -0.2) is 51.8 Å². The van der Waals surface area contributed by atoms with Gasteiger partial charge in [-0.1, -0.05) is 34.8 Å². The number of aromatic nitrogens is 3. The number of anilines is 3. The molecule has 0 aliphatic heterocycles. The molecule has 12 heteroatoms. The lowest BCUT2D eigenvalue weighted by atomic mass is 10.2. The Bertz CT molecular complexity index is 1030. The molecular formula is C19H18Cl3N5O4. The zero-order valence-electron chi connectivity index (χ0n) is 16.3. The Morgan fingerprint density at radius 1 is 1.10 bits per heavy atom. The molecule has 2 aromatic heterocycles. The van der Waals surface area contributed by atoms with E-state index in [-0.39, 0.29) is 6.61 Å². The number of methoxy groups -OCH3 is 1. The van der Waals surface area contributed by atoms with Gasteiger partial charge in [-0.05, 0) is 24.3 Å². The molecule has 164 valence electrons. The molecule has 0 aliphatic carbocycles. The molecule has 2 N–H and O–H groups in total. The number of amides is 1. The summed E-state index contributed by atoms with van der Waals surface area (Å²) >= 11 is 16.6. The van der Waals surface area contributed by atoms with Crippen molar-refractivity contribution in [1.82, 2.24) is 15.0 Å². The van der Waals surface area contributed by atoms with Crippen LogP contribution in [0.15, 0.2) is 42.9 Å². The first-order valence-corrected chi connectivity index (χ1v) is 10.1. The lowest BCUT2D eigenvalue weighted by molar-refractivity contribution is 0.146. The summed E-state index contributed by atoms with van der Waals surface area (Å²) < 4.78 is 13.7. The lowest BCUT2D eigenvalue weighted by Gasteiger charge is -2.12. The molecular weight excluding hydrogens is 469 g/mol. The van der Waals surface area contributed by atoms with E-state index in [0.29, 0.717) is 41.8 Å². The normalized spacial score (nSPS) is 11.2. The summed E-state index contributed by atoms with van der Waals surface area (Å²) in [4.78, 5) is 24.5. The van der Waals surface area contributed by atoms with Crippen LogP contribution in [0.1, 0.15) is 0 Å². The fraction of sp³-hybridized carbons (Fsp3) is 0.263. The van der Waals surface area contributed by atoms with Crippen LogP contribution in [0.2, 0.25) is 0 Å². The van der Waals surface area contributed by atoms with Crippen molar-refractivity contribution in [2.75, 3.05) is 37.6 Å². The molecule has 9 nitrogen and oxygen atoms in total. The van der Waals surface area contributed by atoms with E-state index in [1.54, 1.807) is 19.2 Å². The van der Waals surface area contributed by atoms with Gasteiger partial charge in [0.25, 0.3) is 0 Å². The summed E-state index contributed by atoms with van der Waals surface area (Å²) in [6.07, 6.45) is 2.13. The fourth-order valence-electron chi connectivity index (χ4n) is 2.43. The maximum absolute atomic E-state index is 11.7. The zero-order valence-corrected chi connectivity index (χ0v) is 18.5. The van der Waals surface area contributed by atoms with Gasteiger partial charge in [-0.25, -0.2) is 19.7 Å². The number of pyridine rings is 1. The summed E-state index contributed by atoms with van der Waals surface area (Å²) in [5.74, 6) is 1.77. The number of alkyl halides is 3. The van der Waals surface area contributed by atoms with Gasteiger partial charge in [0.05, 0.1) is 24.0 Å². The van der Waals surface area contributed by atoms with E-state index in [4.69, 9.17) is 49.0 Å². The van der Waals surface area contributed by atoms with Crippen molar-refractivity contribution in [3.63, 3.8) is 0 Å². The van der Waals surface area contributed by atoms with E-state index in [2.05, 4.69) is 25.6 Å². The van der Waals surface area contributed by atoms with Crippen molar-refractivity contribution in [2.24, 2.45) is 0 Å². The van der Waals surface area contributed by atoms with Crippen molar-refractivity contribution in [3.8, 4) is 5.75 Å². The first-order valence-electron chi connectivity index (χ1n) is 8.94. The van der Waals surface area contributed by atoms with Gasteiger partial charge in [-0.15, -0.1) is 0 Å². The van der Waals surface area contributed by atoms with E-state index in [1.165, 1.54) is 12.5 Å². The fourth-order valence-corrected chi connectivity index (χ4v) is 2.60. The van der Waals surface area contributed by atoms with Crippen LogP contribution in [0.4, 0.5) is 22.1 Å². The third-order valence-corrected chi connectivity index (χ3v) is 4.11. The van der Waals surface area contributed by atoms with E-state index in [9.17, 15) is 4.79 Å². The number of hydrogen-bond donors (Lipinski definition) is 2. The summed E-state index contributed by atoms with van der Waals surface area (Å²) in [7, 11) is 1.61. The number of hydrogen-bond acceptors (Lipinski definition) is 8. The molecule has 3 aromatic rings. The third-order valence-electron chi connectivity index (χ3n) is 3.79. The highest BCUT2D eigenvalue weighted by atomic mass is 35.6. The van der Waals surface area contributed by atoms with Crippen LogP contribution in [0.25, 0.3) is 10.9 Å². The van der Waals surface area contributed by atoms with E-state index < -0.39 is 9.89 Å². The SMILES string of the molecule is COCCOc1ccc2c(Nc3ccc(NC(=O)OCC(Cl)(Cl)Cl)cn3)ncnc2c1. The van der Waals surface area contributed by atoms with Gasteiger partial charge in [0.1, 0.15) is 36.9 Å². The van der Waals surface area contributed by atoms with Crippen LogP contribution in [-0.2, 0) is 9.47 Å². The Hall–Kier alpha value is -2.59.